The van der Waals surface area contributed by atoms with E-state index in [1.165, 1.54) is 6.92 Å². The second-order valence-electron chi connectivity index (χ2n) is 11.4. The SMILES string of the molecule is CCOC(=O)Cc1ccc(C(C)=O)cc1OCc1cc(-c2cccc(CNC(=O)OC(C)(C)C)c2)c2oc(COC)cc2c1. The van der Waals surface area contributed by atoms with Crippen molar-refractivity contribution in [3.63, 3.8) is 0 Å². The van der Waals surface area contributed by atoms with Crippen molar-refractivity contribution in [2.45, 2.75) is 66.4 Å². The first kappa shape index (κ1) is 32.3. The summed E-state index contributed by atoms with van der Waals surface area (Å²) in [4.78, 5) is 36.5. The molecule has 4 rings (SSSR count). The van der Waals surface area contributed by atoms with Crippen molar-refractivity contribution in [3.8, 4) is 16.9 Å². The summed E-state index contributed by atoms with van der Waals surface area (Å²) in [6, 6.07) is 18.8. The first-order chi connectivity index (χ1) is 21.0. The molecule has 44 heavy (non-hydrogen) atoms. The zero-order valence-corrected chi connectivity index (χ0v) is 26.1. The maximum atomic E-state index is 12.2. The fraction of sp³-hybridized carbons (Fsp3) is 0.343. The number of methoxy groups -OCH3 is 1. The summed E-state index contributed by atoms with van der Waals surface area (Å²) in [5.41, 5.74) is 4.69. The molecule has 9 nitrogen and oxygen atoms in total. The Labute approximate surface area is 257 Å². The van der Waals surface area contributed by atoms with Crippen LogP contribution < -0.4 is 10.1 Å². The molecule has 1 aromatic heterocycles. The van der Waals surface area contributed by atoms with E-state index < -0.39 is 11.7 Å². The minimum absolute atomic E-state index is 0.0257. The zero-order valence-electron chi connectivity index (χ0n) is 26.1. The van der Waals surface area contributed by atoms with Crippen molar-refractivity contribution in [2.75, 3.05) is 13.7 Å². The van der Waals surface area contributed by atoms with Crippen LogP contribution in [0, 0.1) is 0 Å². The van der Waals surface area contributed by atoms with Crippen molar-refractivity contribution >= 4 is 28.8 Å². The van der Waals surface area contributed by atoms with E-state index >= 15 is 0 Å². The average molecular weight is 602 g/mol. The molecule has 232 valence electrons. The second kappa shape index (κ2) is 14.2. The molecule has 4 aromatic rings. The van der Waals surface area contributed by atoms with Crippen LogP contribution in [-0.4, -0.2) is 37.2 Å². The van der Waals surface area contributed by atoms with Crippen LogP contribution >= 0.6 is 0 Å². The summed E-state index contributed by atoms with van der Waals surface area (Å²) in [6.07, 6.45) is -0.464. The molecule has 1 heterocycles. The van der Waals surface area contributed by atoms with Gasteiger partial charge in [0, 0.05) is 35.7 Å². The molecule has 1 amide bonds. The molecule has 0 aliphatic carbocycles. The van der Waals surface area contributed by atoms with Crippen molar-refractivity contribution in [3.05, 3.63) is 88.7 Å². The van der Waals surface area contributed by atoms with Crippen LogP contribution in [-0.2, 0) is 45.2 Å². The Balaban J connectivity index is 1.66. The van der Waals surface area contributed by atoms with Crippen molar-refractivity contribution in [2.24, 2.45) is 0 Å². The molecular weight excluding hydrogens is 562 g/mol. The van der Waals surface area contributed by atoms with Gasteiger partial charge in [-0.05, 0) is 81.6 Å². The highest BCUT2D eigenvalue weighted by Gasteiger charge is 2.18. The fourth-order valence-electron chi connectivity index (χ4n) is 4.70. The zero-order chi connectivity index (χ0) is 31.9. The lowest BCUT2D eigenvalue weighted by Crippen LogP contribution is -2.32. The highest BCUT2D eigenvalue weighted by molar-refractivity contribution is 5.95. The average Bonchev–Trinajstić information content (AvgIpc) is 3.37. The fourth-order valence-corrected chi connectivity index (χ4v) is 4.70. The van der Waals surface area contributed by atoms with E-state index in [1.54, 1.807) is 32.2 Å². The summed E-state index contributed by atoms with van der Waals surface area (Å²) in [7, 11) is 1.61. The molecule has 0 bridgehead atoms. The molecule has 0 aliphatic heterocycles. The molecular formula is C35H39NO8. The lowest BCUT2D eigenvalue weighted by atomic mass is 9.99. The lowest BCUT2D eigenvalue weighted by molar-refractivity contribution is -0.142. The maximum Gasteiger partial charge on any atom is 0.407 e. The quantitative estimate of drug-likeness (QED) is 0.134. The van der Waals surface area contributed by atoms with Gasteiger partial charge in [-0.15, -0.1) is 0 Å². The van der Waals surface area contributed by atoms with Crippen molar-refractivity contribution in [1.82, 2.24) is 5.32 Å². The van der Waals surface area contributed by atoms with E-state index in [2.05, 4.69) is 5.32 Å². The van der Waals surface area contributed by atoms with Crippen LogP contribution in [0.4, 0.5) is 4.79 Å². The van der Waals surface area contributed by atoms with Gasteiger partial charge < -0.3 is 28.7 Å². The van der Waals surface area contributed by atoms with Gasteiger partial charge in [-0.1, -0.05) is 30.3 Å². The summed E-state index contributed by atoms with van der Waals surface area (Å²) in [5, 5.41) is 3.67. The number of carbonyl (C=O) groups is 3. The van der Waals surface area contributed by atoms with E-state index in [0.717, 1.165) is 27.6 Å². The molecule has 0 radical (unpaired) electrons. The number of benzene rings is 3. The smallest absolute Gasteiger partial charge is 0.407 e. The number of hydrogen-bond donors (Lipinski definition) is 1. The topological polar surface area (TPSA) is 113 Å². The van der Waals surface area contributed by atoms with Crippen molar-refractivity contribution in [1.29, 1.82) is 0 Å². The van der Waals surface area contributed by atoms with Crippen LogP contribution in [0.15, 0.2) is 65.1 Å². The van der Waals surface area contributed by atoms with Crippen LogP contribution in [0.3, 0.4) is 0 Å². The highest BCUT2D eigenvalue weighted by atomic mass is 16.6. The lowest BCUT2D eigenvalue weighted by Gasteiger charge is -2.19. The third-order valence-electron chi connectivity index (χ3n) is 6.60. The summed E-state index contributed by atoms with van der Waals surface area (Å²) >= 11 is 0. The number of fused-ring (bicyclic) bond motifs is 1. The predicted molar refractivity (Wildman–Crippen MR) is 167 cm³/mol. The first-order valence-corrected chi connectivity index (χ1v) is 14.5. The number of rotatable bonds is 12. The Morgan fingerprint density at radius 3 is 2.43 bits per heavy atom. The largest absolute Gasteiger partial charge is 0.489 e. The van der Waals surface area contributed by atoms with Crippen molar-refractivity contribution < 1.29 is 37.7 Å². The number of hydrogen-bond acceptors (Lipinski definition) is 8. The molecule has 0 spiro atoms. The number of carbonyl (C=O) groups excluding carboxylic acids is 3. The maximum absolute atomic E-state index is 12.2. The molecule has 3 aromatic carbocycles. The standard InChI is InChI=1S/C35H39NO8/c1-7-41-32(38)18-27-12-11-25(22(2)37)17-31(27)42-20-24-14-28-16-29(21-40-6)43-33(28)30(15-24)26-10-8-9-23(13-26)19-36-34(39)44-35(3,4)5/h8-17H,7,18-21H2,1-6H3,(H,36,39). The molecule has 0 aliphatic rings. The van der Waals surface area contributed by atoms with E-state index in [4.69, 9.17) is 23.4 Å². The highest BCUT2D eigenvalue weighted by Crippen LogP contribution is 2.34. The monoisotopic (exact) mass is 601 g/mol. The molecule has 9 heteroatoms. The molecule has 0 saturated heterocycles. The number of ketones is 1. The van der Waals surface area contributed by atoms with E-state index in [0.29, 0.717) is 34.8 Å². The summed E-state index contributed by atoms with van der Waals surface area (Å²) < 4.78 is 28.2. The Morgan fingerprint density at radius 1 is 0.932 bits per heavy atom. The Bertz CT molecular complexity index is 1650. The molecule has 0 fully saturated rings. The van der Waals surface area contributed by atoms with Crippen LogP contribution in [0.25, 0.3) is 22.1 Å². The molecule has 1 N–H and O–H groups in total. The summed E-state index contributed by atoms with van der Waals surface area (Å²) in [6.45, 7) is 9.74. The van der Waals surface area contributed by atoms with Gasteiger partial charge in [-0.3, -0.25) is 9.59 Å². The van der Waals surface area contributed by atoms with Gasteiger partial charge in [0.05, 0.1) is 13.0 Å². The Morgan fingerprint density at radius 2 is 1.73 bits per heavy atom. The van der Waals surface area contributed by atoms with Gasteiger partial charge >= 0.3 is 12.1 Å². The Kier molecular flexibility index (Phi) is 10.4. The van der Waals surface area contributed by atoms with Gasteiger partial charge in [-0.2, -0.15) is 0 Å². The minimum Gasteiger partial charge on any atom is -0.489 e. The number of furan rings is 1. The third kappa shape index (κ3) is 8.70. The van der Waals surface area contributed by atoms with E-state index in [9.17, 15) is 14.4 Å². The second-order valence-corrected chi connectivity index (χ2v) is 11.4. The molecule has 0 unspecified atom stereocenters. The molecule has 0 saturated carbocycles. The van der Waals surface area contributed by atoms with Gasteiger partial charge in [-0.25, -0.2) is 4.79 Å². The van der Waals surface area contributed by atoms with E-state index in [-0.39, 0.29) is 37.9 Å². The van der Waals surface area contributed by atoms with Gasteiger partial charge in [0.15, 0.2) is 5.78 Å². The molecule has 0 atom stereocenters. The van der Waals surface area contributed by atoms with Crippen LogP contribution in [0.2, 0.25) is 0 Å². The minimum atomic E-state index is -0.591. The number of nitrogens with one attached hydrogen (secondary N) is 1. The van der Waals surface area contributed by atoms with E-state index in [1.807, 2.05) is 63.2 Å². The van der Waals surface area contributed by atoms with Gasteiger partial charge in [0.25, 0.3) is 0 Å². The number of alkyl carbamates (subject to hydrolysis) is 1. The number of Topliss-reactive ketones (excluding diaryl/α,β-unsaturated/α-hetero) is 1. The third-order valence-corrected chi connectivity index (χ3v) is 6.60. The number of amides is 1. The normalized spacial score (nSPS) is 11.3. The van der Waals surface area contributed by atoms with Gasteiger partial charge in [0.1, 0.15) is 35.9 Å². The summed E-state index contributed by atoms with van der Waals surface area (Å²) in [5.74, 6) is 0.637. The Hall–Kier alpha value is -4.63. The number of ether oxygens (including phenoxy) is 4. The van der Waals surface area contributed by atoms with Crippen LogP contribution in [0.1, 0.15) is 67.4 Å². The van der Waals surface area contributed by atoms with Crippen LogP contribution in [0.5, 0.6) is 5.75 Å². The first-order valence-electron chi connectivity index (χ1n) is 14.5. The number of esters is 1. The predicted octanol–water partition coefficient (Wildman–Crippen LogP) is 7.16. The van der Waals surface area contributed by atoms with Gasteiger partial charge in [0.2, 0.25) is 0 Å².